The third-order valence-corrected chi connectivity index (χ3v) is 3.90. The number of imidazole rings is 1. The van der Waals surface area contributed by atoms with Crippen molar-refractivity contribution in [3.63, 3.8) is 0 Å². The van der Waals surface area contributed by atoms with Crippen molar-refractivity contribution < 1.29 is 14.3 Å². The highest BCUT2D eigenvalue weighted by atomic mass is 16.5. The number of hydrogen-bond donors (Lipinski definition) is 2. The van der Waals surface area contributed by atoms with E-state index in [-0.39, 0.29) is 24.6 Å². The van der Waals surface area contributed by atoms with Crippen molar-refractivity contribution >= 4 is 23.3 Å². The van der Waals surface area contributed by atoms with Crippen molar-refractivity contribution in [1.82, 2.24) is 14.9 Å². The van der Waals surface area contributed by atoms with Crippen molar-refractivity contribution in [2.24, 2.45) is 0 Å². The maximum Gasteiger partial charge on any atom is 0.319 e. The summed E-state index contributed by atoms with van der Waals surface area (Å²) in [5.74, 6) is 0.495. The van der Waals surface area contributed by atoms with Crippen molar-refractivity contribution in [2.45, 2.75) is 13.0 Å². The summed E-state index contributed by atoms with van der Waals surface area (Å²) in [6.45, 7) is 2.48. The SMILES string of the molecule is C[C@H](CNC(=O)Nc1ccc2c(c1)N(C)C(=O)CO2)n1ccnc1. The highest BCUT2D eigenvalue weighted by molar-refractivity contribution is 5.99. The highest BCUT2D eigenvalue weighted by Crippen LogP contribution is 2.33. The van der Waals surface area contributed by atoms with Crippen LogP contribution in [0, 0.1) is 0 Å². The maximum absolute atomic E-state index is 12.0. The number of carbonyl (C=O) groups is 2. The molecule has 0 saturated carbocycles. The minimum atomic E-state index is -0.312. The van der Waals surface area contributed by atoms with Crippen LogP contribution in [0.1, 0.15) is 13.0 Å². The van der Waals surface area contributed by atoms with Crippen LogP contribution < -0.4 is 20.3 Å². The average molecular weight is 329 g/mol. The van der Waals surface area contributed by atoms with Gasteiger partial charge in [-0.25, -0.2) is 9.78 Å². The molecule has 0 bridgehead atoms. The lowest BCUT2D eigenvalue weighted by molar-refractivity contribution is -0.120. The van der Waals surface area contributed by atoms with Crippen molar-refractivity contribution in [1.29, 1.82) is 0 Å². The van der Waals surface area contributed by atoms with Crippen molar-refractivity contribution in [3.8, 4) is 5.75 Å². The van der Waals surface area contributed by atoms with Gasteiger partial charge < -0.3 is 24.8 Å². The second-order valence-electron chi connectivity index (χ2n) is 5.62. The molecule has 0 aliphatic carbocycles. The highest BCUT2D eigenvalue weighted by Gasteiger charge is 2.22. The van der Waals surface area contributed by atoms with Gasteiger partial charge in [-0.05, 0) is 25.1 Å². The molecule has 0 radical (unpaired) electrons. The minimum absolute atomic E-state index is 0.0307. The van der Waals surface area contributed by atoms with Gasteiger partial charge in [0.05, 0.1) is 12.0 Å². The third kappa shape index (κ3) is 3.32. The van der Waals surface area contributed by atoms with E-state index in [9.17, 15) is 9.59 Å². The summed E-state index contributed by atoms with van der Waals surface area (Å²) in [6.07, 6.45) is 5.25. The number of benzene rings is 1. The molecule has 2 aromatic rings. The first-order valence-corrected chi connectivity index (χ1v) is 7.60. The Bertz CT molecular complexity index is 744. The third-order valence-electron chi connectivity index (χ3n) is 3.90. The van der Waals surface area contributed by atoms with Gasteiger partial charge in [-0.3, -0.25) is 4.79 Å². The number of ether oxygens (including phenoxy) is 1. The molecule has 2 N–H and O–H groups in total. The smallest absolute Gasteiger partial charge is 0.319 e. The standard InChI is InChI=1S/C16H19N5O3/c1-11(21-6-5-17-10-21)8-18-16(23)19-12-3-4-14-13(7-12)20(2)15(22)9-24-14/h3-7,10-11H,8-9H2,1-2H3,(H2,18,19,23)/t11-/m1/s1. The Hall–Kier alpha value is -3.03. The van der Waals surface area contributed by atoms with E-state index in [0.717, 1.165) is 0 Å². The topological polar surface area (TPSA) is 88.5 Å². The quantitative estimate of drug-likeness (QED) is 0.892. The summed E-state index contributed by atoms with van der Waals surface area (Å²) in [7, 11) is 1.68. The van der Waals surface area contributed by atoms with Gasteiger partial charge in [0.25, 0.3) is 5.91 Å². The van der Waals surface area contributed by atoms with Gasteiger partial charge in [-0.2, -0.15) is 0 Å². The summed E-state index contributed by atoms with van der Waals surface area (Å²) in [4.78, 5) is 29.2. The van der Waals surface area contributed by atoms with Gasteiger partial charge in [0.1, 0.15) is 5.75 Å². The molecular formula is C16H19N5O3. The van der Waals surface area contributed by atoms with Crippen LogP contribution in [0.5, 0.6) is 5.75 Å². The number of fused-ring (bicyclic) bond motifs is 1. The molecule has 0 fully saturated rings. The molecule has 1 aromatic heterocycles. The number of nitrogens with zero attached hydrogens (tertiary/aromatic N) is 3. The number of likely N-dealkylation sites (N-methyl/N-ethyl adjacent to an activating group) is 1. The van der Waals surface area contributed by atoms with E-state index in [1.165, 1.54) is 4.90 Å². The van der Waals surface area contributed by atoms with Gasteiger partial charge in [-0.15, -0.1) is 0 Å². The molecule has 0 saturated heterocycles. The Morgan fingerprint density at radius 3 is 3.04 bits per heavy atom. The van der Waals surface area contributed by atoms with Gasteiger partial charge in [0.2, 0.25) is 0 Å². The van der Waals surface area contributed by atoms with Gasteiger partial charge in [0, 0.05) is 37.7 Å². The van der Waals surface area contributed by atoms with Gasteiger partial charge in [-0.1, -0.05) is 0 Å². The van der Waals surface area contributed by atoms with E-state index in [1.807, 2.05) is 17.7 Å². The molecule has 3 amide bonds. The molecule has 1 aliphatic heterocycles. The van der Waals surface area contributed by atoms with Crippen LogP contribution in [0.15, 0.2) is 36.9 Å². The van der Waals surface area contributed by atoms with Crippen LogP contribution in [0.3, 0.4) is 0 Å². The molecule has 0 unspecified atom stereocenters. The monoisotopic (exact) mass is 329 g/mol. The molecule has 1 aromatic carbocycles. The largest absolute Gasteiger partial charge is 0.482 e. The average Bonchev–Trinajstić information content (AvgIpc) is 3.11. The summed E-state index contributed by atoms with van der Waals surface area (Å²) in [6, 6.07) is 4.97. The molecule has 3 rings (SSSR count). The summed E-state index contributed by atoms with van der Waals surface area (Å²) < 4.78 is 7.27. The predicted molar refractivity (Wildman–Crippen MR) is 89.3 cm³/mol. The fourth-order valence-corrected chi connectivity index (χ4v) is 2.40. The van der Waals surface area contributed by atoms with Crippen LogP contribution in [0.4, 0.5) is 16.2 Å². The normalized spacial score (nSPS) is 14.6. The second-order valence-corrected chi connectivity index (χ2v) is 5.62. The van der Waals surface area contributed by atoms with E-state index in [2.05, 4.69) is 15.6 Å². The fraction of sp³-hybridized carbons (Fsp3) is 0.312. The minimum Gasteiger partial charge on any atom is -0.482 e. The Morgan fingerprint density at radius 2 is 2.29 bits per heavy atom. The number of nitrogens with one attached hydrogen (secondary N) is 2. The van der Waals surface area contributed by atoms with Crippen LogP contribution in [-0.4, -0.2) is 41.7 Å². The molecule has 2 heterocycles. The molecule has 8 nitrogen and oxygen atoms in total. The van der Waals surface area contributed by atoms with Crippen molar-refractivity contribution in [3.05, 3.63) is 36.9 Å². The first-order chi connectivity index (χ1) is 11.5. The van der Waals surface area contributed by atoms with Crippen LogP contribution in [0.25, 0.3) is 0 Å². The number of amides is 3. The van der Waals surface area contributed by atoms with Gasteiger partial charge >= 0.3 is 6.03 Å². The fourth-order valence-electron chi connectivity index (χ4n) is 2.40. The summed E-state index contributed by atoms with van der Waals surface area (Å²) in [5.41, 5.74) is 1.22. The van der Waals surface area contributed by atoms with E-state index in [0.29, 0.717) is 23.7 Å². The van der Waals surface area contributed by atoms with Gasteiger partial charge in [0.15, 0.2) is 6.61 Å². The Kier molecular flexibility index (Phi) is 4.37. The zero-order valence-electron chi connectivity index (χ0n) is 13.5. The van der Waals surface area contributed by atoms with Crippen LogP contribution in [-0.2, 0) is 4.79 Å². The molecule has 1 aliphatic rings. The molecule has 24 heavy (non-hydrogen) atoms. The second kappa shape index (κ2) is 6.61. The van der Waals surface area contributed by atoms with E-state index in [1.54, 1.807) is 37.8 Å². The van der Waals surface area contributed by atoms with E-state index < -0.39 is 0 Å². The Labute approximate surface area is 139 Å². The first-order valence-electron chi connectivity index (χ1n) is 7.60. The van der Waals surface area contributed by atoms with E-state index >= 15 is 0 Å². The zero-order chi connectivity index (χ0) is 17.1. The number of urea groups is 1. The zero-order valence-corrected chi connectivity index (χ0v) is 13.5. The number of anilines is 2. The lowest BCUT2D eigenvalue weighted by Gasteiger charge is -2.26. The maximum atomic E-state index is 12.0. The van der Waals surface area contributed by atoms with E-state index in [4.69, 9.17) is 4.74 Å². The lowest BCUT2D eigenvalue weighted by atomic mass is 10.2. The summed E-state index contributed by atoms with van der Waals surface area (Å²) in [5, 5.41) is 5.57. The Balaban J connectivity index is 1.60. The first kappa shape index (κ1) is 15.9. The predicted octanol–water partition coefficient (Wildman–Crippen LogP) is 1.62. The molecule has 126 valence electrons. The number of aromatic nitrogens is 2. The molecular weight excluding hydrogens is 310 g/mol. The Morgan fingerprint density at radius 1 is 1.46 bits per heavy atom. The van der Waals surface area contributed by atoms with Crippen LogP contribution >= 0.6 is 0 Å². The number of rotatable bonds is 4. The molecule has 8 heteroatoms. The molecule has 1 atom stereocenters. The van der Waals surface area contributed by atoms with Crippen molar-refractivity contribution in [2.75, 3.05) is 30.4 Å². The number of carbonyl (C=O) groups excluding carboxylic acids is 2. The summed E-state index contributed by atoms with van der Waals surface area (Å²) >= 11 is 0. The number of hydrogen-bond acceptors (Lipinski definition) is 4. The lowest BCUT2D eigenvalue weighted by Crippen LogP contribution is -2.36. The molecule has 0 spiro atoms. The van der Waals surface area contributed by atoms with Crippen LogP contribution in [0.2, 0.25) is 0 Å².